The molecule has 0 aromatic rings. The largest absolute Gasteiger partial charge is 0.165 e. The Labute approximate surface area is 88.9 Å². The molecule has 0 N–H and O–H groups in total. The Morgan fingerprint density at radius 1 is 1.00 bits per heavy atom. The lowest BCUT2D eigenvalue weighted by Gasteiger charge is -2.32. The molecule has 0 unspecified atom stereocenters. The smallest absolute Gasteiger partial charge is 0.00160 e. The van der Waals surface area contributed by atoms with Gasteiger partial charge in [-0.15, -0.1) is 0 Å². The summed E-state index contributed by atoms with van der Waals surface area (Å²) in [5, 5.41) is 0. The molecule has 0 saturated carbocycles. The minimum Gasteiger partial charge on any atom is -0.165 e. The molecular formula is C12H26S. The van der Waals surface area contributed by atoms with Crippen LogP contribution >= 0.6 is 11.8 Å². The molecule has 0 spiro atoms. The zero-order chi connectivity index (χ0) is 10.5. The van der Waals surface area contributed by atoms with Crippen molar-refractivity contribution in [3.8, 4) is 0 Å². The van der Waals surface area contributed by atoms with E-state index in [1.165, 1.54) is 18.6 Å². The van der Waals surface area contributed by atoms with Gasteiger partial charge in [-0.2, -0.15) is 11.8 Å². The van der Waals surface area contributed by atoms with E-state index >= 15 is 0 Å². The van der Waals surface area contributed by atoms with E-state index in [2.05, 4.69) is 40.9 Å². The highest BCUT2D eigenvalue weighted by Crippen LogP contribution is 2.35. The molecule has 0 nitrogen and oxygen atoms in total. The van der Waals surface area contributed by atoms with Gasteiger partial charge in [0.1, 0.15) is 0 Å². The van der Waals surface area contributed by atoms with Gasteiger partial charge in [0.15, 0.2) is 0 Å². The van der Waals surface area contributed by atoms with Crippen LogP contribution in [0.1, 0.15) is 47.5 Å². The number of rotatable bonds is 6. The zero-order valence-corrected chi connectivity index (χ0v) is 11.0. The van der Waals surface area contributed by atoms with Crippen LogP contribution in [-0.2, 0) is 0 Å². The van der Waals surface area contributed by atoms with Gasteiger partial charge < -0.3 is 0 Å². The normalized spacial score (nSPS) is 12.9. The van der Waals surface area contributed by atoms with Crippen LogP contribution in [0.15, 0.2) is 0 Å². The molecule has 0 heterocycles. The average Bonchev–Trinajstić information content (AvgIpc) is 1.81. The van der Waals surface area contributed by atoms with Gasteiger partial charge in [-0.1, -0.05) is 34.6 Å². The van der Waals surface area contributed by atoms with Gasteiger partial charge in [0.05, 0.1) is 0 Å². The Balaban J connectivity index is 4.15. The molecule has 0 aliphatic carbocycles. The Morgan fingerprint density at radius 3 is 1.62 bits per heavy atom. The van der Waals surface area contributed by atoms with Crippen molar-refractivity contribution in [3.63, 3.8) is 0 Å². The fourth-order valence-corrected chi connectivity index (χ4v) is 3.45. The Morgan fingerprint density at radius 2 is 1.38 bits per heavy atom. The zero-order valence-electron chi connectivity index (χ0n) is 10.2. The van der Waals surface area contributed by atoms with Crippen molar-refractivity contribution in [2.75, 3.05) is 12.0 Å². The lowest BCUT2D eigenvalue weighted by molar-refractivity contribution is 0.240. The van der Waals surface area contributed by atoms with Crippen molar-refractivity contribution >= 4 is 11.8 Å². The van der Waals surface area contributed by atoms with Gasteiger partial charge in [-0.05, 0) is 42.1 Å². The lowest BCUT2D eigenvalue weighted by atomic mass is 9.77. The first kappa shape index (κ1) is 13.4. The van der Waals surface area contributed by atoms with Crippen LogP contribution in [0, 0.1) is 17.3 Å². The molecule has 1 heteroatoms. The summed E-state index contributed by atoms with van der Waals surface area (Å²) in [4.78, 5) is 0. The van der Waals surface area contributed by atoms with E-state index in [1.54, 1.807) is 0 Å². The predicted molar refractivity (Wildman–Crippen MR) is 65.4 cm³/mol. The molecule has 0 fully saturated rings. The van der Waals surface area contributed by atoms with Gasteiger partial charge in [0.25, 0.3) is 0 Å². The predicted octanol–water partition coefficient (Wildman–Crippen LogP) is 4.45. The second-order valence-electron chi connectivity index (χ2n) is 5.44. The summed E-state index contributed by atoms with van der Waals surface area (Å²) in [5.74, 6) is 2.97. The van der Waals surface area contributed by atoms with Crippen LogP contribution in [0.25, 0.3) is 0 Å². The molecule has 0 atom stereocenters. The Kier molecular flexibility index (Phi) is 6.11. The van der Waals surface area contributed by atoms with Crippen molar-refractivity contribution in [3.05, 3.63) is 0 Å². The van der Waals surface area contributed by atoms with E-state index in [0.717, 1.165) is 11.8 Å². The first-order valence-corrected chi connectivity index (χ1v) is 6.78. The minimum absolute atomic E-state index is 0.557. The maximum atomic E-state index is 2.45. The summed E-state index contributed by atoms with van der Waals surface area (Å²) in [5.41, 5.74) is 0.557. The second kappa shape index (κ2) is 5.95. The average molecular weight is 202 g/mol. The summed E-state index contributed by atoms with van der Waals surface area (Å²) >= 11 is 1.99. The van der Waals surface area contributed by atoms with E-state index in [1.807, 2.05) is 11.8 Å². The third kappa shape index (κ3) is 6.42. The van der Waals surface area contributed by atoms with E-state index < -0.39 is 0 Å². The lowest BCUT2D eigenvalue weighted by Crippen LogP contribution is -2.24. The summed E-state index contributed by atoms with van der Waals surface area (Å²) < 4.78 is 0. The standard InChI is InChI=1S/C12H26S/c1-10(2)7-12(5,9-13-6)8-11(3)4/h10-11H,7-9H2,1-6H3. The highest BCUT2D eigenvalue weighted by molar-refractivity contribution is 7.98. The summed E-state index contributed by atoms with van der Waals surface area (Å²) in [7, 11) is 0. The highest BCUT2D eigenvalue weighted by atomic mass is 32.2. The molecule has 0 aliphatic heterocycles. The number of hydrogen-bond donors (Lipinski definition) is 0. The topological polar surface area (TPSA) is 0 Å². The van der Waals surface area contributed by atoms with Crippen molar-refractivity contribution in [1.29, 1.82) is 0 Å². The Bertz CT molecular complexity index is 117. The third-order valence-electron chi connectivity index (χ3n) is 2.29. The minimum atomic E-state index is 0.557. The third-order valence-corrected chi connectivity index (χ3v) is 3.28. The first-order chi connectivity index (χ1) is 5.89. The van der Waals surface area contributed by atoms with E-state index in [-0.39, 0.29) is 0 Å². The van der Waals surface area contributed by atoms with Crippen LogP contribution in [0.3, 0.4) is 0 Å². The van der Waals surface area contributed by atoms with Gasteiger partial charge in [0, 0.05) is 0 Å². The number of hydrogen-bond acceptors (Lipinski definition) is 1. The van der Waals surface area contributed by atoms with Gasteiger partial charge >= 0.3 is 0 Å². The molecule has 80 valence electrons. The maximum Gasteiger partial charge on any atom is -0.00160 e. The fraction of sp³-hybridized carbons (Fsp3) is 1.00. The summed E-state index contributed by atoms with van der Waals surface area (Å²) in [6.45, 7) is 11.8. The van der Waals surface area contributed by atoms with Crippen LogP contribution in [-0.4, -0.2) is 12.0 Å². The monoisotopic (exact) mass is 202 g/mol. The number of thioether (sulfide) groups is 1. The molecule has 0 rings (SSSR count). The van der Waals surface area contributed by atoms with Crippen molar-refractivity contribution in [2.24, 2.45) is 17.3 Å². The van der Waals surface area contributed by atoms with Crippen molar-refractivity contribution in [1.82, 2.24) is 0 Å². The van der Waals surface area contributed by atoms with Crippen LogP contribution in [0.5, 0.6) is 0 Å². The van der Waals surface area contributed by atoms with Crippen LogP contribution in [0.2, 0.25) is 0 Å². The first-order valence-electron chi connectivity index (χ1n) is 5.38. The van der Waals surface area contributed by atoms with E-state index in [9.17, 15) is 0 Å². The van der Waals surface area contributed by atoms with Gasteiger partial charge in [0.2, 0.25) is 0 Å². The molecule has 0 saturated heterocycles. The fourth-order valence-electron chi connectivity index (χ4n) is 2.52. The van der Waals surface area contributed by atoms with E-state index in [0.29, 0.717) is 5.41 Å². The van der Waals surface area contributed by atoms with Gasteiger partial charge in [-0.25, -0.2) is 0 Å². The van der Waals surface area contributed by atoms with E-state index in [4.69, 9.17) is 0 Å². The van der Waals surface area contributed by atoms with Crippen molar-refractivity contribution < 1.29 is 0 Å². The van der Waals surface area contributed by atoms with Crippen LogP contribution < -0.4 is 0 Å². The highest BCUT2D eigenvalue weighted by Gasteiger charge is 2.25. The molecular weight excluding hydrogens is 176 g/mol. The maximum absolute atomic E-state index is 2.45. The molecule has 0 aromatic carbocycles. The molecule has 0 amide bonds. The van der Waals surface area contributed by atoms with Crippen LogP contribution in [0.4, 0.5) is 0 Å². The Hall–Kier alpha value is 0.350. The summed E-state index contributed by atoms with van der Waals surface area (Å²) in [6, 6.07) is 0. The SMILES string of the molecule is CSCC(C)(CC(C)C)CC(C)C. The molecule has 13 heavy (non-hydrogen) atoms. The summed E-state index contributed by atoms with van der Waals surface area (Å²) in [6.07, 6.45) is 4.96. The van der Waals surface area contributed by atoms with Gasteiger partial charge in [-0.3, -0.25) is 0 Å². The van der Waals surface area contributed by atoms with Crippen molar-refractivity contribution in [2.45, 2.75) is 47.5 Å². The molecule has 0 radical (unpaired) electrons. The molecule has 0 aromatic heterocycles. The second-order valence-corrected chi connectivity index (χ2v) is 6.31. The quantitative estimate of drug-likeness (QED) is 0.613. The molecule has 0 aliphatic rings. The molecule has 0 bridgehead atoms.